The van der Waals surface area contributed by atoms with Gasteiger partial charge in [-0.05, 0) is 56.5 Å². The van der Waals surface area contributed by atoms with E-state index < -0.39 is 0 Å². The fraction of sp³-hybridized carbons (Fsp3) is 0.562. The summed E-state index contributed by atoms with van der Waals surface area (Å²) in [6, 6.07) is 7.34. The molecule has 1 aromatic rings. The van der Waals surface area contributed by atoms with Crippen LogP contribution in [-0.2, 0) is 4.74 Å². The minimum Gasteiger partial charge on any atom is -0.459 e. The molecule has 1 rings (SSSR count). The maximum atomic E-state index is 11.7. The van der Waals surface area contributed by atoms with Gasteiger partial charge in [-0.3, -0.25) is 0 Å². The van der Waals surface area contributed by atoms with Crippen LogP contribution in [0.2, 0.25) is 0 Å². The highest BCUT2D eigenvalue weighted by molar-refractivity contribution is 5.89. The second-order valence-corrected chi connectivity index (χ2v) is 5.65. The van der Waals surface area contributed by atoms with Gasteiger partial charge in [-0.2, -0.15) is 0 Å². The Hall–Kier alpha value is -1.55. The Morgan fingerprint density at radius 1 is 1.20 bits per heavy atom. The van der Waals surface area contributed by atoms with E-state index in [-0.39, 0.29) is 12.1 Å². The van der Waals surface area contributed by atoms with Gasteiger partial charge in [0.15, 0.2) is 0 Å². The smallest absolute Gasteiger partial charge is 0.338 e. The zero-order chi connectivity index (χ0) is 15.1. The standard InChI is InChI=1S/C16H26N2O2/c1-11(2)14(9-17)10-18-15-7-5-13(6-8-15)16(19)20-12(3)4/h5-8,11-12,14,18H,9-10,17H2,1-4H3. The summed E-state index contributed by atoms with van der Waals surface area (Å²) in [5.41, 5.74) is 7.31. The monoisotopic (exact) mass is 278 g/mol. The Morgan fingerprint density at radius 3 is 2.25 bits per heavy atom. The number of benzene rings is 1. The SMILES string of the molecule is CC(C)OC(=O)c1ccc(NCC(CN)C(C)C)cc1. The van der Waals surface area contributed by atoms with Crippen molar-refractivity contribution in [3.8, 4) is 0 Å². The van der Waals surface area contributed by atoms with E-state index in [1.807, 2.05) is 26.0 Å². The Bertz CT molecular complexity index is 413. The Morgan fingerprint density at radius 2 is 1.80 bits per heavy atom. The van der Waals surface area contributed by atoms with Crippen molar-refractivity contribution in [2.75, 3.05) is 18.4 Å². The molecule has 0 amide bonds. The topological polar surface area (TPSA) is 64.3 Å². The molecule has 0 fully saturated rings. The Balaban J connectivity index is 2.56. The van der Waals surface area contributed by atoms with Crippen LogP contribution < -0.4 is 11.1 Å². The molecule has 4 heteroatoms. The molecule has 0 aliphatic rings. The lowest BCUT2D eigenvalue weighted by Gasteiger charge is -2.20. The number of rotatable bonds is 7. The molecule has 0 aromatic heterocycles. The summed E-state index contributed by atoms with van der Waals surface area (Å²) in [6.45, 7) is 9.53. The third-order valence-electron chi connectivity index (χ3n) is 3.28. The van der Waals surface area contributed by atoms with Crippen LogP contribution in [0.15, 0.2) is 24.3 Å². The predicted molar refractivity (Wildman–Crippen MR) is 82.9 cm³/mol. The molecule has 1 unspecified atom stereocenters. The number of anilines is 1. The molecule has 112 valence electrons. The molecule has 0 bridgehead atoms. The van der Waals surface area contributed by atoms with E-state index in [1.54, 1.807) is 12.1 Å². The van der Waals surface area contributed by atoms with Gasteiger partial charge in [0.25, 0.3) is 0 Å². The molecule has 0 spiro atoms. The zero-order valence-electron chi connectivity index (χ0n) is 12.8. The van der Waals surface area contributed by atoms with E-state index in [2.05, 4.69) is 19.2 Å². The molecule has 20 heavy (non-hydrogen) atoms. The largest absolute Gasteiger partial charge is 0.459 e. The van der Waals surface area contributed by atoms with E-state index >= 15 is 0 Å². The maximum Gasteiger partial charge on any atom is 0.338 e. The van der Waals surface area contributed by atoms with Crippen molar-refractivity contribution in [2.45, 2.75) is 33.8 Å². The van der Waals surface area contributed by atoms with Crippen LogP contribution in [0.1, 0.15) is 38.1 Å². The van der Waals surface area contributed by atoms with E-state index in [0.717, 1.165) is 12.2 Å². The van der Waals surface area contributed by atoms with Crippen LogP contribution >= 0.6 is 0 Å². The molecule has 1 aromatic carbocycles. The molecule has 0 saturated carbocycles. The van der Waals surface area contributed by atoms with Crippen molar-refractivity contribution in [3.05, 3.63) is 29.8 Å². The number of esters is 1. The molecular formula is C16H26N2O2. The van der Waals surface area contributed by atoms with Gasteiger partial charge in [-0.15, -0.1) is 0 Å². The molecular weight excluding hydrogens is 252 g/mol. The van der Waals surface area contributed by atoms with Crippen molar-refractivity contribution >= 4 is 11.7 Å². The lowest BCUT2D eigenvalue weighted by Crippen LogP contribution is -2.27. The molecule has 0 saturated heterocycles. The number of hydrogen-bond acceptors (Lipinski definition) is 4. The van der Waals surface area contributed by atoms with E-state index in [9.17, 15) is 4.79 Å². The first-order valence-corrected chi connectivity index (χ1v) is 7.19. The molecule has 0 heterocycles. The molecule has 0 aliphatic carbocycles. The fourth-order valence-electron chi connectivity index (χ4n) is 1.85. The maximum absolute atomic E-state index is 11.7. The number of ether oxygens (including phenoxy) is 1. The van der Waals surface area contributed by atoms with Gasteiger partial charge >= 0.3 is 5.97 Å². The summed E-state index contributed by atoms with van der Waals surface area (Å²) < 4.78 is 5.15. The first-order valence-electron chi connectivity index (χ1n) is 7.19. The fourth-order valence-corrected chi connectivity index (χ4v) is 1.85. The lowest BCUT2D eigenvalue weighted by atomic mass is 9.96. The Labute approximate surface area is 121 Å². The number of nitrogens with one attached hydrogen (secondary N) is 1. The number of nitrogens with two attached hydrogens (primary N) is 1. The highest BCUT2D eigenvalue weighted by atomic mass is 16.5. The van der Waals surface area contributed by atoms with Gasteiger partial charge < -0.3 is 15.8 Å². The quantitative estimate of drug-likeness (QED) is 0.753. The van der Waals surface area contributed by atoms with Crippen molar-refractivity contribution in [1.82, 2.24) is 0 Å². The van der Waals surface area contributed by atoms with Crippen molar-refractivity contribution in [2.24, 2.45) is 17.6 Å². The van der Waals surface area contributed by atoms with Crippen molar-refractivity contribution in [1.29, 1.82) is 0 Å². The van der Waals surface area contributed by atoms with Gasteiger partial charge in [0, 0.05) is 12.2 Å². The summed E-state index contributed by atoms with van der Waals surface area (Å²) in [4.78, 5) is 11.7. The van der Waals surface area contributed by atoms with Gasteiger partial charge in [0.05, 0.1) is 11.7 Å². The number of carbonyl (C=O) groups is 1. The minimum atomic E-state index is -0.284. The van der Waals surface area contributed by atoms with Crippen LogP contribution in [0.5, 0.6) is 0 Å². The highest BCUT2D eigenvalue weighted by Gasteiger charge is 2.12. The van der Waals surface area contributed by atoms with E-state index in [1.165, 1.54) is 0 Å². The van der Waals surface area contributed by atoms with E-state index in [0.29, 0.717) is 23.9 Å². The average Bonchev–Trinajstić information content (AvgIpc) is 2.39. The molecule has 4 nitrogen and oxygen atoms in total. The van der Waals surface area contributed by atoms with Gasteiger partial charge in [-0.1, -0.05) is 13.8 Å². The summed E-state index contributed by atoms with van der Waals surface area (Å²) in [5, 5.41) is 3.35. The van der Waals surface area contributed by atoms with Gasteiger partial charge in [0.1, 0.15) is 0 Å². The molecule has 3 N–H and O–H groups in total. The van der Waals surface area contributed by atoms with Gasteiger partial charge in [-0.25, -0.2) is 4.79 Å². The lowest BCUT2D eigenvalue weighted by molar-refractivity contribution is 0.0378. The van der Waals surface area contributed by atoms with Crippen LogP contribution in [-0.4, -0.2) is 25.2 Å². The summed E-state index contributed by atoms with van der Waals surface area (Å²) in [7, 11) is 0. The molecule has 1 atom stereocenters. The molecule has 0 radical (unpaired) electrons. The van der Waals surface area contributed by atoms with Crippen LogP contribution in [0, 0.1) is 11.8 Å². The van der Waals surface area contributed by atoms with Crippen molar-refractivity contribution in [3.63, 3.8) is 0 Å². The first kappa shape index (κ1) is 16.5. The summed E-state index contributed by atoms with van der Waals surface area (Å²) in [5.74, 6) is 0.710. The highest BCUT2D eigenvalue weighted by Crippen LogP contribution is 2.14. The normalized spacial score (nSPS) is 12.6. The van der Waals surface area contributed by atoms with Gasteiger partial charge in [0.2, 0.25) is 0 Å². The number of carbonyl (C=O) groups excluding carboxylic acids is 1. The van der Waals surface area contributed by atoms with Crippen molar-refractivity contribution < 1.29 is 9.53 Å². The third-order valence-corrected chi connectivity index (χ3v) is 3.28. The predicted octanol–water partition coefficient (Wildman–Crippen LogP) is 2.89. The molecule has 0 aliphatic heterocycles. The number of hydrogen-bond donors (Lipinski definition) is 2. The Kier molecular flexibility index (Phi) is 6.52. The first-order chi connectivity index (χ1) is 9.43. The zero-order valence-corrected chi connectivity index (χ0v) is 12.8. The average molecular weight is 278 g/mol. The second kappa shape index (κ2) is 7.90. The summed E-state index contributed by atoms with van der Waals surface area (Å²) >= 11 is 0. The minimum absolute atomic E-state index is 0.100. The summed E-state index contributed by atoms with van der Waals surface area (Å²) in [6.07, 6.45) is -0.100. The van der Waals surface area contributed by atoms with E-state index in [4.69, 9.17) is 10.5 Å². The third kappa shape index (κ3) is 5.21. The van der Waals surface area contributed by atoms with Crippen LogP contribution in [0.25, 0.3) is 0 Å². The van der Waals surface area contributed by atoms with Crippen LogP contribution in [0.3, 0.4) is 0 Å². The second-order valence-electron chi connectivity index (χ2n) is 5.65. The van der Waals surface area contributed by atoms with Crippen LogP contribution in [0.4, 0.5) is 5.69 Å².